The summed E-state index contributed by atoms with van der Waals surface area (Å²) in [6.45, 7) is 2.01. The molecular formula is C26H25N3O2. The third kappa shape index (κ3) is 3.40. The standard InChI is InChI=1S/C26H25N3O2/c1-2-23-27-22-14-8-13-21(25(22)26(31)29(23)20-11-4-3-5-12-20)18-15-16-24(30)28(17-18)19-9-6-7-10-19/h3-5,8,11-17,19H,2,6-7,9-10H2,1H3. The zero-order valence-electron chi connectivity index (χ0n) is 17.6. The highest BCUT2D eigenvalue weighted by Crippen LogP contribution is 2.31. The molecule has 5 heteroatoms. The van der Waals surface area contributed by atoms with Crippen LogP contribution < -0.4 is 11.1 Å². The minimum Gasteiger partial charge on any atom is -0.312 e. The normalized spacial score (nSPS) is 14.4. The molecule has 1 saturated carbocycles. The molecule has 5 nitrogen and oxygen atoms in total. The first-order valence-electron chi connectivity index (χ1n) is 11.0. The molecule has 0 bridgehead atoms. The summed E-state index contributed by atoms with van der Waals surface area (Å²) in [6, 6.07) is 19.1. The molecule has 2 heterocycles. The van der Waals surface area contributed by atoms with Crippen LogP contribution >= 0.6 is 0 Å². The zero-order chi connectivity index (χ0) is 21.4. The van der Waals surface area contributed by atoms with Crippen molar-refractivity contribution in [2.24, 2.45) is 0 Å². The van der Waals surface area contributed by atoms with Gasteiger partial charge in [-0.25, -0.2) is 4.98 Å². The van der Waals surface area contributed by atoms with Crippen LogP contribution in [0.2, 0.25) is 0 Å². The average molecular weight is 412 g/mol. The summed E-state index contributed by atoms with van der Waals surface area (Å²) in [5, 5.41) is 0.583. The Balaban J connectivity index is 1.77. The maximum absolute atomic E-state index is 13.8. The molecule has 2 aromatic carbocycles. The third-order valence-electron chi connectivity index (χ3n) is 6.26. The molecule has 0 saturated heterocycles. The average Bonchev–Trinajstić information content (AvgIpc) is 3.34. The Labute approximate surface area is 180 Å². The second-order valence-corrected chi connectivity index (χ2v) is 8.16. The Hall–Kier alpha value is -3.47. The number of aromatic nitrogens is 3. The SMILES string of the molecule is CCc1nc2cccc(-c3ccc(=O)n(C4CCCC4)c3)c2c(=O)n1-c1ccccc1. The van der Waals surface area contributed by atoms with Gasteiger partial charge in [0.25, 0.3) is 11.1 Å². The van der Waals surface area contributed by atoms with E-state index in [9.17, 15) is 9.59 Å². The molecule has 4 aromatic rings. The number of para-hydroxylation sites is 1. The lowest BCUT2D eigenvalue weighted by Crippen LogP contribution is -2.24. The number of rotatable bonds is 4. The van der Waals surface area contributed by atoms with Crippen molar-refractivity contribution in [1.29, 1.82) is 0 Å². The fourth-order valence-corrected chi connectivity index (χ4v) is 4.73. The summed E-state index contributed by atoms with van der Waals surface area (Å²) in [4.78, 5) is 31.1. The molecule has 31 heavy (non-hydrogen) atoms. The van der Waals surface area contributed by atoms with Crippen molar-refractivity contribution in [2.75, 3.05) is 0 Å². The first-order valence-corrected chi connectivity index (χ1v) is 11.0. The van der Waals surface area contributed by atoms with Crippen molar-refractivity contribution in [3.8, 4) is 16.8 Å². The van der Waals surface area contributed by atoms with Gasteiger partial charge in [-0.3, -0.25) is 14.2 Å². The van der Waals surface area contributed by atoms with E-state index in [0.717, 1.165) is 48.3 Å². The van der Waals surface area contributed by atoms with Crippen LogP contribution in [0.25, 0.3) is 27.7 Å². The molecule has 0 amide bonds. The maximum Gasteiger partial charge on any atom is 0.266 e. The lowest BCUT2D eigenvalue weighted by molar-refractivity contribution is 0.503. The number of hydrogen-bond donors (Lipinski definition) is 0. The summed E-state index contributed by atoms with van der Waals surface area (Å²) < 4.78 is 3.56. The van der Waals surface area contributed by atoms with Gasteiger partial charge in [0.1, 0.15) is 5.82 Å². The number of hydrogen-bond acceptors (Lipinski definition) is 3. The monoisotopic (exact) mass is 411 g/mol. The number of benzene rings is 2. The molecule has 2 aromatic heterocycles. The molecular weight excluding hydrogens is 386 g/mol. The second-order valence-electron chi connectivity index (χ2n) is 8.16. The van der Waals surface area contributed by atoms with Crippen molar-refractivity contribution < 1.29 is 0 Å². The fraction of sp³-hybridized carbons (Fsp3) is 0.269. The van der Waals surface area contributed by atoms with E-state index in [-0.39, 0.29) is 17.2 Å². The van der Waals surface area contributed by atoms with Crippen molar-refractivity contribution in [3.63, 3.8) is 0 Å². The van der Waals surface area contributed by atoms with E-state index in [2.05, 4.69) is 0 Å². The van der Waals surface area contributed by atoms with Crippen LogP contribution in [0.15, 0.2) is 76.4 Å². The first-order chi connectivity index (χ1) is 15.2. The zero-order valence-corrected chi connectivity index (χ0v) is 17.6. The van der Waals surface area contributed by atoms with Crippen LogP contribution in [0.1, 0.15) is 44.5 Å². The highest BCUT2D eigenvalue weighted by atomic mass is 16.1. The Morgan fingerprint density at radius 1 is 0.935 bits per heavy atom. The van der Waals surface area contributed by atoms with Gasteiger partial charge in [-0.05, 0) is 48.2 Å². The van der Waals surface area contributed by atoms with E-state index >= 15 is 0 Å². The van der Waals surface area contributed by atoms with Crippen LogP contribution in [0.3, 0.4) is 0 Å². The van der Waals surface area contributed by atoms with Crippen LogP contribution in [-0.2, 0) is 6.42 Å². The maximum atomic E-state index is 13.8. The van der Waals surface area contributed by atoms with Gasteiger partial charge in [0.05, 0.1) is 16.6 Å². The van der Waals surface area contributed by atoms with E-state index in [1.54, 1.807) is 10.6 Å². The molecule has 0 unspecified atom stereocenters. The predicted molar refractivity (Wildman–Crippen MR) is 124 cm³/mol. The Bertz CT molecular complexity index is 1360. The molecule has 1 aliphatic carbocycles. The van der Waals surface area contributed by atoms with Crippen molar-refractivity contribution in [1.82, 2.24) is 14.1 Å². The fourth-order valence-electron chi connectivity index (χ4n) is 4.73. The molecule has 0 atom stereocenters. The van der Waals surface area contributed by atoms with E-state index in [0.29, 0.717) is 17.3 Å². The number of aryl methyl sites for hydroxylation is 1. The van der Waals surface area contributed by atoms with E-state index in [4.69, 9.17) is 4.98 Å². The Morgan fingerprint density at radius 3 is 2.45 bits per heavy atom. The molecule has 5 rings (SSSR count). The number of pyridine rings is 1. The lowest BCUT2D eigenvalue weighted by Gasteiger charge is -2.17. The predicted octanol–water partition coefficient (Wildman–Crippen LogP) is 4.89. The summed E-state index contributed by atoms with van der Waals surface area (Å²) in [7, 11) is 0. The van der Waals surface area contributed by atoms with Crippen LogP contribution in [0.4, 0.5) is 0 Å². The minimum atomic E-state index is -0.0812. The van der Waals surface area contributed by atoms with Crippen LogP contribution in [-0.4, -0.2) is 14.1 Å². The van der Waals surface area contributed by atoms with E-state index in [1.807, 2.05) is 72.3 Å². The van der Waals surface area contributed by atoms with Gasteiger partial charge in [0.2, 0.25) is 0 Å². The van der Waals surface area contributed by atoms with Gasteiger partial charge in [-0.1, -0.05) is 50.1 Å². The number of fused-ring (bicyclic) bond motifs is 1. The highest BCUT2D eigenvalue weighted by Gasteiger charge is 2.20. The quantitative estimate of drug-likeness (QED) is 0.480. The van der Waals surface area contributed by atoms with Gasteiger partial charge in [-0.2, -0.15) is 0 Å². The summed E-state index contributed by atoms with van der Waals surface area (Å²) in [5.41, 5.74) is 3.12. The molecule has 156 valence electrons. The Kier molecular flexibility index (Phi) is 5.02. The Morgan fingerprint density at radius 2 is 1.71 bits per heavy atom. The van der Waals surface area contributed by atoms with E-state index < -0.39 is 0 Å². The summed E-state index contributed by atoms with van der Waals surface area (Å²) >= 11 is 0. The molecule has 0 N–H and O–H groups in total. The van der Waals surface area contributed by atoms with Crippen LogP contribution in [0.5, 0.6) is 0 Å². The smallest absolute Gasteiger partial charge is 0.266 e. The minimum absolute atomic E-state index is 0.0176. The molecule has 0 radical (unpaired) electrons. The largest absolute Gasteiger partial charge is 0.312 e. The lowest BCUT2D eigenvalue weighted by atomic mass is 10.0. The topological polar surface area (TPSA) is 56.9 Å². The highest BCUT2D eigenvalue weighted by molar-refractivity contribution is 5.94. The van der Waals surface area contributed by atoms with Gasteiger partial charge >= 0.3 is 0 Å². The molecule has 1 aliphatic rings. The molecule has 0 aliphatic heterocycles. The van der Waals surface area contributed by atoms with Gasteiger partial charge in [-0.15, -0.1) is 0 Å². The van der Waals surface area contributed by atoms with Crippen molar-refractivity contribution >= 4 is 10.9 Å². The van der Waals surface area contributed by atoms with Gasteiger partial charge < -0.3 is 4.57 Å². The molecule has 1 fully saturated rings. The third-order valence-corrected chi connectivity index (χ3v) is 6.26. The number of nitrogens with zero attached hydrogens (tertiary/aromatic N) is 3. The summed E-state index contributed by atoms with van der Waals surface area (Å²) in [5.74, 6) is 0.733. The first kappa shape index (κ1) is 19.5. The van der Waals surface area contributed by atoms with Crippen LogP contribution in [0, 0.1) is 0 Å². The van der Waals surface area contributed by atoms with Gasteiger partial charge in [0.15, 0.2) is 0 Å². The van der Waals surface area contributed by atoms with E-state index in [1.165, 1.54) is 0 Å². The van der Waals surface area contributed by atoms with Crippen molar-refractivity contribution in [2.45, 2.75) is 45.1 Å². The molecule has 0 spiro atoms. The summed E-state index contributed by atoms with van der Waals surface area (Å²) in [6.07, 6.45) is 6.94. The van der Waals surface area contributed by atoms with Crippen molar-refractivity contribution in [3.05, 3.63) is 93.4 Å². The van der Waals surface area contributed by atoms with Gasteiger partial charge in [0, 0.05) is 24.7 Å². The second kappa shape index (κ2) is 7.99.